The lowest BCUT2D eigenvalue weighted by Crippen LogP contribution is -2.09. The van der Waals surface area contributed by atoms with Crippen molar-refractivity contribution in [2.24, 2.45) is 5.41 Å². The van der Waals surface area contributed by atoms with Gasteiger partial charge in [-0.05, 0) is 29.9 Å². The third kappa shape index (κ3) is 3.51. The number of rotatable bonds is 2. The molecule has 0 aliphatic carbocycles. The first-order valence-corrected chi connectivity index (χ1v) is 5.15. The second kappa shape index (κ2) is 4.14. The normalized spacial score (nSPS) is 14.1. The van der Waals surface area contributed by atoms with Gasteiger partial charge in [0.25, 0.3) is 0 Å². The Labute approximate surface area is 86.8 Å². The minimum atomic E-state index is -0.362. The van der Waals surface area contributed by atoms with E-state index in [2.05, 4.69) is 32.9 Å². The quantitative estimate of drug-likeness (QED) is 0.762. The first kappa shape index (κ1) is 11.3. The van der Waals surface area contributed by atoms with Gasteiger partial charge in [-0.2, -0.15) is 0 Å². The van der Waals surface area contributed by atoms with Gasteiger partial charge in [0.15, 0.2) is 0 Å². The summed E-state index contributed by atoms with van der Waals surface area (Å²) in [6.07, 6.45) is 0.714. The molecule has 1 heteroatoms. The summed E-state index contributed by atoms with van der Waals surface area (Å²) in [5.41, 5.74) is 2.65. The number of hydrogen-bond donors (Lipinski definition) is 1. The van der Waals surface area contributed by atoms with E-state index in [1.807, 2.05) is 12.1 Å². The molecule has 1 N–H and O–H groups in total. The van der Waals surface area contributed by atoms with Gasteiger partial charge in [-0.15, -0.1) is 0 Å². The zero-order valence-corrected chi connectivity index (χ0v) is 9.54. The lowest BCUT2D eigenvalue weighted by molar-refractivity contribution is 0.199. The third-order valence-electron chi connectivity index (χ3n) is 2.20. The molecule has 0 fully saturated rings. The van der Waals surface area contributed by atoms with Crippen molar-refractivity contribution in [2.75, 3.05) is 0 Å². The SMILES string of the molecule is CC(O)c1ccc(CC(C)(C)C)cc1. The van der Waals surface area contributed by atoms with Crippen LogP contribution in [0.4, 0.5) is 0 Å². The molecule has 1 aromatic carbocycles. The maximum absolute atomic E-state index is 9.35. The zero-order chi connectivity index (χ0) is 10.8. The smallest absolute Gasteiger partial charge is 0.0761 e. The van der Waals surface area contributed by atoms with Crippen molar-refractivity contribution in [3.63, 3.8) is 0 Å². The highest BCUT2D eigenvalue weighted by Gasteiger charge is 2.11. The predicted molar refractivity (Wildman–Crippen MR) is 60.2 cm³/mol. The minimum Gasteiger partial charge on any atom is -0.389 e. The molecule has 1 unspecified atom stereocenters. The Hall–Kier alpha value is -0.820. The van der Waals surface area contributed by atoms with Crippen LogP contribution in [-0.2, 0) is 6.42 Å². The van der Waals surface area contributed by atoms with E-state index in [1.54, 1.807) is 6.92 Å². The van der Waals surface area contributed by atoms with Crippen LogP contribution < -0.4 is 0 Å². The molecule has 0 saturated carbocycles. The van der Waals surface area contributed by atoms with Crippen LogP contribution in [0.1, 0.15) is 44.9 Å². The van der Waals surface area contributed by atoms with Gasteiger partial charge >= 0.3 is 0 Å². The fraction of sp³-hybridized carbons (Fsp3) is 0.538. The summed E-state index contributed by atoms with van der Waals surface area (Å²) < 4.78 is 0. The summed E-state index contributed by atoms with van der Waals surface area (Å²) in [5, 5.41) is 9.35. The van der Waals surface area contributed by atoms with E-state index < -0.39 is 0 Å². The van der Waals surface area contributed by atoms with Gasteiger partial charge in [0.05, 0.1) is 6.10 Å². The number of aliphatic hydroxyl groups excluding tert-OH is 1. The van der Waals surface area contributed by atoms with Gasteiger partial charge in [-0.25, -0.2) is 0 Å². The van der Waals surface area contributed by atoms with Gasteiger partial charge in [-0.3, -0.25) is 0 Å². The topological polar surface area (TPSA) is 20.2 Å². The molecular weight excluding hydrogens is 172 g/mol. The van der Waals surface area contributed by atoms with Crippen LogP contribution >= 0.6 is 0 Å². The van der Waals surface area contributed by atoms with E-state index in [9.17, 15) is 5.11 Å². The second-order valence-corrected chi connectivity index (χ2v) is 5.15. The molecule has 1 atom stereocenters. The average Bonchev–Trinajstić information content (AvgIpc) is 2.02. The van der Waals surface area contributed by atoms with E-state index in [-0.39, 0.29) is 6.10 Å². The van der Waals surface area contributed by atoms with Crippen molar-refractivity contribution < 1.29 is 5.11 Å². The standard InChI is InChI=1S/C13H20O/c1-10(14)12-7-5-11(6-8-12)9-13(2,3)4/h5-8,10,14H,9H2,1-4H3. The first-order chi connectivity index (χ1) is 6.38. The van der Waals surface area contributed by atoms with Crippen molar-refractivity contribution in [1.82, 2.24) is 0 Å². The summed E-state index contributed by atoms with van der Waals surface area (Å²) >= 11 is 0. The lowest BCUT2D eigenvalue weighted by Gasteiger charge is -2.18. The zero-order valence-electron chi connectivity index (χ0n) is 9.54. The number of hydrogen-bond acceptors (Lipinski definition) is 1. The second-order valence-electron chi connectivity index (χ2n) is 5.15. The Morgan fingerprint density at radius 2 is 1.64 bits per heavy atom. The molecular formula is C13H20O. The summed E-state index contributed by atoms with van der Waals surface area (Å²) in [6.45, 7) is 8.49. The molecule has 0 aliphatic heterocycles. The van der Waals surface area contributed by atoms with Crippen molar-refractivity contribution >= 4 is 0 Å². The van der Waals surface area contributed by atoms with Crippen LogP contribution in [0.3, 0.4) is 0 Å². The molecule has 0 aromatic heterocycles. The van der Waals surface area contributed by atoms with Crippen molar-refractivity contribution in [3.8, 4) is 0 Å². The lowest BCUT2D eigenvalue weighted by atomic mass is 9.88. The minimum absolute atomic E-state index is 0.326. The molecule has 1 aromatic rings. The molecule has 1 rings (SSSR count). The number of aliphatic hydroxyl groups is 1. The highest BCUT2D eigenvalue weighted by Crippen LogP contribution is 2.21. The van der Waals surface area contributed by atoms with Gasteiger partial charge < -0.3 is 5.11 Å². The van der Waals surface area contributed by atoms with E-state index >= 15 is 0 Å². The highest BCUT2D eigenvalue weighted by atomic mass is 16.3. The van der Waals surface area contributed by atoms with Crippen molar-refractivity contribution in [3.05, 3.63) is 35.4 Å². The Bertz CT molecular complexity index is 277. The summed E-state index contributed by atoms with van der Waals surface area (Å²) in [6, 6.07) is 8.22. The maximum atomic E-state index is 9.35. The molecule has 0 heterocycles. The van der Waals surface area contributed by atoms with Crippen LogP contribution in [0.25, 0.3) is 0 Å². The van der Waals surface area contributed by atoms with Crippen LogP contribution in [0.2, 0.25) is 0 Å². The van der Waals surface area contributed by atoms with Gasteiger partial charge in [0, 0.05) is 0 Å². The van der Waals surface area contributed by atoms with E-state index in [4.69, 9.17) is 0 Å². The van der Waals surface area contributed by atoms with E-state index in [1.165, 1.54) is 5.56 Å². The largest absolute Gasteiger partial charge is 0.389 e. The molecule has 0 aliphatic rings. The van der Waals surface area contributed by atoms with Crippen molar-refractivity contribution in [2.45, 2.75) is 40.2 Å². The van der Waals surface area contributed by atoms with Crippen LogP contribution in [0.5, 0.6) is 0 Å². The number of benzene rings is 1. The fourth-order valence-corrected chi connectivity index (χ4v) is 1.53. The molecule has 0 spiro atoms. The first-order valence-electron chi connectivity index (χ1n) is 5.15. The van der Waals surface area contributed by atoms with Crippen LogP contribution in [-0.4, -0.2) is 5.11 Å². The van der Waals surface area contributed by atoms with E-state index in [0.717, 1.165) is 12.0 Å². The maximum Gasteiger partial charge on any atom is 0.0761 e. The Morgan fingerprint density at radius 1 is 1.14 bits per heavy atom. The highest BCUT2D eigenvalue weighted by molar-refractivity contribution is 5.24. The molecule has 78 valence electrons. The summed E-state index contributed by atoms with van der Waals surface area (Å²) in [7, 11) is 0. The van der Waals surface area contributed by atoms with Crippen LogP contribution in [0, 0.1) is 5.41 Å². The summed E-state index contributed by atoms with van der Waals surface area (Å²) in [4.78, 5) is 0. The average molecular weight is 192 g/mol. The van der Waals surface area contributed by atoms with Crippen molar-refractivity contribution in [1.29, 1.82) is 0 Å². The van der Waals surface area contributed by atoms with Gasteiger partial charge in [0.2, 0.25) is 0 Å². The molecule has 14 heavy (non-hydrogen) atoms. The Morgan fingerprint density at radius 3 is 2.00 bits per heavy atom. The van der Waals surface area contributed by atoms with E-state index in [0.29, 0.717) is 5.41 Å². The molecule has 0 radical (unpaired) electrons. The Balaban J connectivity index is 2.74. The van der Waals surface area contributed by atoms with Crippen LogP contribution in [0.15, 0.2) is 24.3 Å². The fourth-order valence-electron chi connectivity index (χ4n) is 1.53. The third-order valence-corrected chi connectivity index (χ3v) is 2.20. The molecule has 1 nitrogen and oxygen atoms in total. The van der Waals surface area contributed by atoms with Gasteiger partial charge in [0.1, 0.15) is 0 Å². The Kier molecular flexibility index (Phi) is 3.33. The monoisotopic (exact) mass is 192 g/mol. The predicted octanol–water partition coefficient (Wildman–Crippen LogP) is 3.33. The summed E-state index contributed by atoms with van der Waals surface area (Å²) in [5.74, 6) is 0. The molecule has 0 amide bonds. The van der Waals surface area contributed by atoms with Gasteiger partial charge in [-0.1, -0.05) is 45.0 Å². The molecule has 0 bridgehead atoms. The molecule has 0 saturated heterocycles.